The van der Waals surface area contributed by atoms with Crippen LogP contribution in [-0.4, -0.2) is 32.7 Å². The van der Waals surface area contributed by atoms with Gasteiger partial charge in [-0.2, -0.15) is 4.80 Å². The van der Waals surface area contributed by atoms with Crippen molar-refractivity contribution in [2.75, 3.05) is 6.61 Å². The number of ether oxygens (including phenoxy) is 1. The molecule has 0 radical (unpaired) electrons. The third-order valence-electron chi connectivity index (χ3n) is 3.66. The quantitative estimate of drug-likeness (QED) is 0.674. The number of benzene rings is 2. The molecule has 0 atom stereocenters. The zero-order valence-electron chi connectivity index (χ0n) is 14.6. The average molecular weight is 351 g/mol. The molecule has 0 fully saturated rings. The molecule has 26 heavy (non-hydrogen) atoms. The Hall–Kier alpha value is -3.22. The van der Waals surface area contributed by atoms with E-state index < -0.39 is 0 Å². The number of aromatic nitrogens is 4. The maximum atomic E-state index is 12.0. The Bertz CT molecular complexity index is 831. The lowest BCUT2D eigenvalue weighted by Gasteiger charge is -2.04. The first kappa shape index (κ1) is 17.6. The van der Waals surface area contributed by atoms with Gasteiger partial charge in [0.1, 0.15) is 12.3 Å². The minimum atomic E-state index is -0.166. The Balaban J connectivity index is 1.54. The van der Waals surface area contributed by atoms with E-state index >= 15 is 0 Å². The largest absolute Gasteiger partial charge is 0.494 e. The number of nitrogens with one attached hydrogen (secondary N) is 1. The fraction of sp³-hybridized carbons (Fsp3) is 0.263. The molecule has 1 amide bonds. The highest BCUT2D eigenvalue weighted by atomic mass is 16.5. The maximum Gasteiger partial charge on any atom is 0.243 e. The van der Waals surface area contributed by atoms with Crippen LogP contribution in [0.3, 0.4) is 0 Å². The minimum absolute atomic E-state index is 0.0253. The number of hydrogen-bond donors (Lipinski definition) is 1. The van der Waals surface area contributed by atoms with Crippen LogP contribution in [0.25, 0.3) is 11.4 Å². The van der Waals surface area contributed by atoms with Gasteiger partial charge in [-0.3, -0.25) is 4.79 Å². The number of carbonyl (C=O) groups is 1. The average Bonchev–Trinajstić information content (AvgIpc) is 3.14. The summed E-state index contributed by atoms with van der Waals surface area (Å²) in [5.41, 5.74) is 1.86. The Morgan fingerprint density at radius 3 is 2.62 bits per heavy atom. The van der Waals surface area contributed by atoms with Crippen LogP contribution >= 0.6 is 0 Å². The molecule has 1 aromatic heterocycles. The first-order valence-electron chi connectivity index (χ1n) is 8.56. The minimum Gasteiger partial charge on any atom is -0.494 e. The van der Waals surface area contributed by atoms with Crippen LogP contribution in [0.2, 0.25) is 0 Å². The van der Waals surface area contributed by atoms with Gasteiger partial charge in [0.2, 0.25) is 11.7 Å². The molecule has 0 saturated carbocycles. The van der Waals surface area contributed by atoms with Gasteiger partial charge in [-0.1, -0.05) is 37.3 Å². The van der Waals surface area contributed by atoms with Crippen molar-refractivity contribution in [3.8, 4) is 17.1 Å². The van der Waals surface area contributed by atoms with Crippen LogP contribution in [0.5, 0.6) is 5.75 Å². The molecule has 1 heterocycles. The lowest BCUT2D eigenvalue weighted by molar-refractivity contribution is -0.122. The number of carbonyl (C=O) groups excluding carboxylic acids is 1. The van der Waals surface area contributed by atoms with Gasteiger partial charge in [0, 0.05) is 12.1 Å². The second-order valence-electron chi connectivity index (χ2n) is 5.78. The second-order valence-corrected chi connectivity index (χ2v) is 5.78. The Kier molecular flexibility index (Phi) is 5.92. The van der Waals surface area contributed by atoms with Gasteiger partial charge >= 0.3 is 0 Å². The molecule has 0 bridgehead atoms. The zero-order valence-corrected chi connectivity index (χ0v) is 14.6. The molecular weight excluding hydrogens is 330 g/mol. The molecule has 0 aliphatic heterocycles. The molecule has 0 saturated heterocycles. The third-order valence-corrected chi connectivity index (χ3v) is 3.66. The fourth-order valence-corrected chi connectivity index (χ4v) is 2.33. The molecule has 134 valence electrons. The molecule has 1 N–H and O–H groups in total. The highest BCUT2D eigenvalue weighted by Crippen LogP contribution is 2.18. The van der Waals surface area contributed by atoms with E-state index in [1.165, 1.54) is 4.80 Å². The molecule has 7 heteroatoms. The van der Waals surface area contributed by atoms with E-state index in [1.807, 2.05) is 54.6 Å². The van der Waals surface area contributed by atoms with Crippen molar-refractivity contribution in [3.63, 3.8) is 0 Å². The molecule has 2 aromatic carbocycles. The van der Waals surface area contributed by atoms with Crippen molar-refractivity contribution in [1.82, 2.24) is 25.5 Å². The van der Waals surface area contributed by atoms with E-state index in [-0.39, 0.29) is 12.5 Å². The van der Waals surface area contributed by atoms with Gasteiger partial charge in [0.15, 0.2) is 0 Å². The second kappa shape index (κ2) is 8.75. The topological polar surface area (TPSA) is 81.9 Å². The number of nitrogens with zero attached hydrogens (tertiary/aromatic N) is 4. The van der Waals surface area contributed by atoms with E-state index in [1.54, 1.807) is 0 Å². The third kappa shape index (κ3) is 4.89. The van der Waals surface area contributed by atoms with Gasteiger partial charge in [0.25, 0.3) is 0 Å². The number of amides is 1. The van der Waals surface area contributed by atoms with Crippen molar-refractivity contribution < 1.29 is 9.53 Å². The molecule has 0 aliphatic carbocycles. The smallest absolute Gasteiger partial charge is 0.243 e. The van der Waals surface area contributed by atoms with Gasteiger partial charge in [-0.25, -0.2) is 0 Å². The van der Waals surface area contributed by atoms with Gasteiger partial charge in [-0.15, -0.1) is 10.2 Å². The molecule has 0 aliphatic rings. The predicted octanol–water partition coefficient (Wildman–Crippen LogP) is 2.45. The number of hydrogen-bond acceptors (Lipinski definition) is 5. The maximum absolute atomic E-state index is 12.0. The summed E-state index contributed by atoms with van der Waals surface area (Å²) >= 11 is 0. The van der Waals surface area contributed by atoms with Crippen molar-refractivity contribution in [3.05, 3.63) is 60.2 Å². The van der Waals surface area contributed by atoms with Gasteiger partial charge in [0.05, 0.1) is 6.61 Å². The van der Waals surface area contributed by atoms with Crippen LogP contribution in [-0.2, 0) is 17.9 Å². The van der Waals surface area contributed by atoms with Crippen molar-refractivity contribution >= 4 is 5.91 Å². The van der Waals surface area contributed by atoms with E-state index in [2.05, 4.69) is 27.7 Å². The summed E-state index contributed by atoms with van der Waals surface area (Å²) in [5.74, 6) is 1.12. The fourth-order valence-electron chi connectivity index (χ4n) is 2.33. The first-order valence-corrected chi connectivity index (χ1v) is 8.56. The van der Waals surface area contributed by atoms with Crippen LogP contribution in [0.1, 0.15) is 18.9 Å². The highest BCUT2D eigenvalue weighted by molar-refractivity contribution is 5.75. The molecular formula is C19H21N5O2. The summed E-state index contributed by atoms with van der Waals surface area (Å²) in [6.07, 6.45) is 0.962. The predicted molar refractivity (Wildman–Crippen MR) is 97.3 cm³/mol. The molecule has 7 nitrogen and oxygen atoms in total. The zero-order chi connectivity index (χ0) is 18.2. The molecule has 3 aromatic rings. The first-order chi connectivity index (χ1) is 12.7. The summed E-state index contributed by atoms with van der Waals surface area (Å²) in [6, 6.07) is 17.2. The summed E-state index contributed by atoms with van der Waals surface area (Å²) in [7, 11) is 0. The van der Waals surface area contributed by atoms with Crippen LogP contribution in [0.4, 0.5) is 0 Å². The van der Waals surface area contributed by atoms with E-state index in [0.717, 1.165) is 23.3 Å². The van der Waals surface area contributed by atoms with Crippen molar-refractivity contribution in [2.45, 2.75) is 26.4 Å². The van der Waals surface area contributed by atoms with Crippen molar-refractivity contribution in [2.24, 2.45) is 0 Å². The lowest BCUT2D eigenvalue weighted by atomic mass is 10.2. The van der Waals surface area contributed by atoms with E-state index in [4.69, 9.17) is 4.74 Å². The SMILES string of the molecule is CCCOc1ccc(-c2nnn(CC(=O)NCc3ccccc3)n2)cc1. The highest BCUT2D eigenvalue weighted by Gasteiger charge is 2.09. The van der Waals surface area contributed by atoms with E-state index in [0.29, 0.717) is 19.0 Å². The van der Waals surface area contributed by atoms with Gasteiger partial charge in [-0.05, 0) is 41.5 Å². The Morgan fingerprint density at radius 1 is 1.12 bits per heavy atom. The van der Waals surface area contributed by atoms with Crippen LogP contribution in [0.15, 0.2) is 54.6 Å². The summed E-state index contributed by atoms with van der Waals surface area (Å²) in [4.78, 5) is 13.3. The van der Waals surface area contributed by atoms with Gasteiger partial charge < -0.3 is 10.1 Å². The van der Waals surface area contributed by atoms with Crippen LogP contribution < -0.4 is 10.1 Å². The molecule has 0 unspecified atom stereocenters. The normalized spacial score (nSPS) is 10.5. The summed E-state index contributed by atoms with van der Waals surface area (Å²) in [6.45, 7) is 3.25. The summed E-state index contributed by atoms with van der Waals surface area (Å²) in [5, 5.41) is 15.1. The Labute approximate surface area is 152 Å². The van der Waals surface area contributed by atoms with E-state index in [9.17, 15) is 4.79 Å². The van der Waals surface area contributed by atoms with Crippen molar-refractivity contribution in [1.29, 1.82) is 0 Å². The summed E-state index contributed by atoms with van der Waals surface area (Å²) < 4.78 is 5.55. The monoisotopic (exact) mass is 351 g/mol. The standard InChI is InChI=1S/C19H21N5O2/c1-2-12-26-17-10-8-16(9-11-17)19-21-23-24(22-19)14-18(25)20-13-15-6-4-3-5-7-15/h3-11H,2,12-14H2,1H3,(H,20,25). The lowest BCUT2D eigenvalue weighted by Crippen LogP contribution is -2.28. The van der Waals surface area contributed by atoms with Crippen LogP contribution in [0, 0.1) is 0 Å². The molecule has 3 rings (SSSR count). The molecule has 0 spiro atoms. The Morgan fingerprint density at radius 2 is 1.88 bits per heavy atom. The number of rotatable bonds is 8. The number of tetrazole rings is 1.